The number of hydrazine groups is 1. The third kappa shape index (κ3) is 2.62. The number of nitro benzene ring substituents is 1. The fourth-order valence-corrected chi connectivity index (χ4v) is 6.05. The van der Waals surface area contributed by atoms with Crippen LogP contribution >= 0.6 is 0 Å². The molecule has 4 amide bonds. The molecule has 1 spiro atoms. The number of non-ortho nitro benzene ring substituents is 1. The number of hydrogen-bond acceptors (Lipinski definition) is 9. The summed E-state index contributed by atoms with van der Waals surface area (Å²) in [5.74, 6) is -5.42. The zero-order valence-electron chi connectivity index (χ0n) is 20.1. The Morgan fingerprint density at radius 3 is 1.70 bits per heavy atom. The summed E-state index contributed by atoms with van der Waals surface area (Å²) in [5.41, 5.74) is -3.58. The molecule has 1 N–H and O–H groups in total. The average Bonchev–Trinajstić information content (AvgIpc) is 3.59. The molecular formula is C28H14N4O8. The molecule has 40 heavy (non-hydrogen) atoms. The van der Waals surface area contributed by atoms with Gasteiger partial charge in [0, 0.05) is 23.3 Å². The van der Waals surface area contributed by atoms with Gasteiger partial charge in [-0.25, -0.2) is 0 Å². The smallest absolute Gasteiger partial charge is 0.276 e. The van der Waals surface area contributed by atoms with E-state index in [1.165, 1.54) is 60.7 Å². The molecule has 3 heterocycles. The maximum Gasteiger partial charge on any atom is 0.276 e. The van der Waals surface area contributed by atoms with E-state index in [0.29, 0.717) is 5.01 Å². The summed E-state index contributed by atoms with van der Waals surface area (Å²) >= 11 is 0. The van der Waals surface area contributed by atoms with E-state index < -0.39 is 57.3 Å². The average molecular weight is 534 g/mol. The minimum atomic E-state index is -2.56. The second kappa shape index (κ2) is 7.71. The lowest BCUT2D eigenvalue weighted by Gasteiger charge is -2.42. The van der Waals surface area contributed by atoms with Crippen molar-refractivity contribution in [1.82, 2.24) is 15.3 Å². The number of carbonyl (C=O) groups is 6. The SMILES string of the molecule is O=C1NC(=O)C2=C1C(c1ccc([N+](=O)[O-])cc1)N(N1C(=O)c3ccccc3C1=O)C21C(=O)c2ccccc2C1=O. The molecule has 0 saturated carbocycles. The van der Waals surface area contributed by atoms with Gasteiger partial charge in [0.1, 0.15) is 0 Å². The fourth-order valence-electron chi connectivity index (χ4n) is 6.05. The topological polar surface area (TPSA) is 164 Å². The van der Waals surface area contributed by atoms with Crippen LogP contribution in [0.15, 0.2) is 83.9 Å². The van der Waals surface area contributed by atoms with E-state index in [4.69, 9.17) is 0 Å². The lowest BCUT2D eigenvalue weighted by molar-refractivity contribution is -0.384. The van der Waals surface area contributed by atoms with Crippen molar-refractivity contribution in [2.45, 2.75) is 11.6 Å². The molecule has 0 bridgehead atoms. The number of nitrogens with one attached hydrogen (secondary N) is 1. The lowest BCUT2D eigenvalue weighted by Crippen LogP contribution is -2.65. The summed E-state index contributed by atoms with van der Waals surface area (Å²) in [6.45, 7) is 0. The highest BCUT2D eigenvalue weighted by atomic mass is 16.6. The number of nitro groups is 1. The van der Waals surface area contributed by atoms with E-state index in [0.717, 1.165) is 17.1 Å². The van der Waals surface area contributed by atoms with Gasteiger partial charge >= 0.3 is 0 Å². The van der Waals surface area contributed by atoms with E-state index in [9.17, 15) is 38.9 Å². The molecule has 0 radical (unpaired) electrons. The number of hydrogen-bond donors (Lipinski definition) is 1. The van der Waals surface area contributed by atoms with Crippen LogP contribution in [0.25, 0.3) is 0 Å². The van der Waals surface area contributed by atoms with Gasteiger partial charge in [-0.05, 0) is 17.7 Å². The Labute approximate surface area is 223 Å². The number of benzene rings is 3. The molecule has 3 aromatic rings. The molecule has 3 aliphatic heterocycles. The normalized spacial score (nSPS) is 20.9. The van der Waals surface area contributed by atoms with Gasteiger partial charge < -0.3 is 0 Å². The van der Waals surface area contributed by atoms with Crippen molar-refractivity contribution in [1.29, 1.82) is 0 Å². The van der Waals surface area contributed by atoms with Gasteiger partial charge in [-0.2, -0.15) is 10.0 Å². The highest BCUT2D eigenvalue weighted by Gasteiger charge is 2.72. The number of amides is 4. The van der Waals surface area contributed by atoms with Gasteiger partial charge in [-0.3, -0.25) is 44.2 Å². The van der Waals surface area contributed by atoms with E-state index in [-0.39, 0.29) is 39.1 Å². The quantitative estimate of drug-likeness (QED) is 0.229. The summed E-state index contributed by atoms with van der Waals surface area (Å²) in [6.07, 6.45) is 0. The summed E-state index contributed by atoms with van der Waals surface area (Å²) in [6, 6.07) is 15.1. The van der Waals surface area contributed by atoms with E-state index in [2.05, 4.69) is 5.32 Å². The molecule has 0 fully saturated rings. The number of carbonyl (C=O) groups excluding carboxylic acids is 6. The van der Waals surface area contributed by atoms with E-state index >= 15 is 0 Å². The Bertz CT molecular complexity index is 1770. The van der Waals surface area contributed by atoms with Crippen LogP contribution in [0, 0.1) is 10.1 Å². The van der Waals surface area contributed by atoms with Crippen LogP contribution in [-0.4, -0.2) is 55.7 Å². The molecule has 0 aromatic heterocycles. The first-order valence-electron chi connectivity index (χ1n) is 12.0. The lowest BCUT2D eigenvalue weighted by atomic mass is 9.85. The third-order valence-electron chi connectivity index (χ3n) is 7.67. The van der Waals surface area contributed by atoms with Crippen LogP contribution in [0.1, 0.15) is 53.0 Å². The second-order valence-electron chi connectivity index (χ2n) is 9.55. The highest BCUT2D eigenvalue weighted by molar-refractivity contribution is 6.41. The summed E-state index contributed by atoms with van der Waals surface area (Å²) in [4.78, 5) is 93.3. The van der Waals surface area contributed by atoms with Gasteiger partial charge in [-0.1, -0.05) is 48.5 Å². The Kier molecular flexibility index (Phi) is 4.53. The maximum absolute atomic E-state index is 14.3. The van der Waals surface area contributed by atoms with Crippen molar-refractivity contribution < 1.29 is 33.7 Å². The molecule has 4 aliphatic rings. The molecule has 12 heteroatoms. The van der Waals surface area contributed by atoms with Crippen molar-refractivity contribution in [2.75, 3.05) is 0 Å². The fraction of sp³-hybridized carbons (Fsp3) is 0.0714. The molecule has 1 aliphatic carbocycles. The van der Waals surface area contributed by atoms with Gasteiger partial charge in [0.15, 0.2) is 17.1 Å². The number of fused-ring (bicyclic) bond motifs is 3. The number of Topliss-reactive ketones (excluding diaryl/α,β-unsaturated/α-hetero) is 2. The van der Waals surface area contributed by atoms with Gasteiger partial charge in [0.25, 0.3) is 29.3 Å². The zero-order chi connectivity index (χ0) is 28.1. The first-order chi connectivity index (χ1) is 19.2. The van der Waals surface area contributed by atoms with Crippen molar-refractivity contribution in [3.05, 3.63) is 122 Å². The van der Waals surface area contributed by atoms with Crippen LogP contribution in [0.5, 0.6) is 0 Å². The first kappa shape index (κ1) is 23.5. The predicted molar refractivity (Wildman–Crippen MR) is 133 cm³/mol. The molecule has 7 rings (SSSR count). The minimum Gasteiger partial charge on any atom is -0.291 e. The standard InChI is InChI=1S/C28H14N4O8/c33-22-15-5-1-2-6-16(15)23(34)28(22)20-19(24(35)29-25(20)36)21(13-9-11-14(12-10-13)32(39)40)31(28)30-26(37)17-7-3-4-8-18(17)27(30)38/h1-12,21H,(H,29,35,36). The molecular weight excluding hydrogens is 520 g/mol. The highest BCUT2D eigenvalue weighted by Crippen LogP contribution is 2.56. The van der Waals surface area contributed by atoms with Gasteiger partial charge in [0.05, 0.1) is 33.2 Å². The number of nitrogens with zero attached hydrogens (tertiary/aromatic N) is 3. The summed E-state index contributed by atoms with van der Waals surface area (Å²) in [5, 5.41) is 15.0. The number of rotatable bonds is 3. The summed E-state index contributed by atoms with van der Waals surface area (Å²) in [7, 11) is 0. The molecule has 1 atom stereocenters. The Morgan fingerprint density at radius 2 is 1.20 bits per heavy atom. The monoisotopic (exact) mass is 534 g/mol. The number of imide groups is 2. The summed E-state index contributed by atoms with van der Waals surface area (Å²) < 4.78 is 0. The largest absolute Gasteiger partial charge is 0.291 e. The third-order valence-corrected chi connectivity index (χ3v) is 7.67. The van der Waals surface area contributed by atoms with Gasteiger partial charge in [-0.15, -0.1) is 0 Å². The Balaban J connectivity index is 1.55. The van der Waals surface area contributed by atoms with Crippen LogP contribution in [0.3, 0.4) is 0 Å². The molecule has 3 aromatic carbocycles. The van der Waals surface area contributed by atoms with Crippen LogP contribution < -0.4 is 5.32 Å². The van der Waals surface area contributed by atoms with Crippen molar-refractivity contribution in [3.8, 4) is 0 Å². The minimum absolute atomic E-state index is 0.00310. The second-order valence-corrected chi connectivity index (χ2v) is 9.55. The number of ketones is 2. The Morgan fingerprint density at radius 1 is 0.700 bits per heavy atom. The maximum atomic E-state index is 14.3. The molecule has 0 saturated heterocycles. The van der Waals surface area contributed by atoms with Crippen molar-refractivity contribution in [3.63, 3.8) is 0 Å². The Hall–Kier alpha value is -5.62. The van der Waals surface area contributed by atoms with Crippen LogP contribution in [0.4, 0.5) is 5.69 Å². The van der Waals surface area contributed by atoms with Crippen LogP contribution in [-0.2, 0) is 9.59 Å². The van der Waals surface area contributed by atoms with Crippen molar-refractivity contribution in [2.24, 2.45) is 0 Å². The molecule has 12 nitrogen and oxygen atoms in total. The predicted octanol–water partition coefficient (Wildman–Crippen LogP) is 1.93. The van der Waals surface area contributed by atoms with Crippen molar-refractivity contribution >= 4 is 40.9 Å². The van der Waals surface area contributed by atoms with E-state index in [1.54, 1.807) is 0 Å². The van der Waals surface area contributed by atoms with Gasteiger partial charge in [0.2, 0.25) is 0 Å². The van der Waals surface area contributed by atoms with Crippen LogP contribution in [0.2, 0.25) is 0 Å². The zero-order valence-corrected chi connectivity index (χ0v) is 20.1. The molecule has 1 unspecified atom stereocenters. The molecule has 194 valence electrons. The first-order valence-corrected chi connectivity index (χ1v) is 12.0. The van der Waals surface area contributed by atoms with E-state index in [1.807, 2.05) is 0 Å².